The Morgan fingerprint density at radius 1 is 1.31 bits per heavy atom. The van der Waals surface area contributed by atoms with Gasteiger partial charge in [-0.2, -0.15) is 5.26 Å². The maximum atomic E-state index is 8.44. The largest absolute Gasteiger partial charge is 0.312 e. The minimum atomic E-state index is 0.635. The van der Waals surface area contributed by atoms with Gasteiger partial charge in [0.2, 0.25) is 0 Å². The highest BCUT2D eigenvalue weighted by Crippen LogP contribution is 2.28. The van der Waals surface area contributed by atoms with Crippen LogP contribution in [0, 0.1) is 23.2 Å². The van der Waals surface area contributed by atoms with Crippen LogP contribution in [0.4, 0.5) is 0 Å². The Kier molecular flexibility index (Phi) is 4.24. The van der Waals surface area contributed by atoms with Gasteiger partial charge >= 0.3 is 0 Å². The lowest BCUT2D eigenvalue weighted by atomic mass is 9.79. The maximum Gasteiger partial charge on any atom is 0.0635 e. The van der Waals surface area contributed by atoms with Gasteiger partial charge in [-0.1, -0.05) is 20.3 Å². The molecule has 1 rings (SSSR count). The third kappa shape index (κ3) is 3.00. The maximum absolute atomic E-state index is 8.44. The lowest BCUT2D eigenvalue weighted by Crippen LogP contribution is -2.43. The van der Waals surface area contributed by atoms with Crippen molar-refractivity contribution < 1.29 is 0 Å². The Morgan fingerprint density at radius 2 is 1.92 bits per heavy atom. The number of hydrogen-bond donors (Lipinski definition) is 1. The number of hydrogen-bond acceptors (Lipinski definition) is 2. The molecule has 1 N–H and O–H groups in total. The second-order valence-corrected chi connectivity index (χ2v) is 4.27. The molecule has 1 saturated carbocycles. The van der Waals surface area contributed by atoms with E-state index in [0.29, 0.717) is 12.5 Å². The summed E-state index contributed by atoms with van der Waals surface area (Å²) in [7, 11) is 0. The van der Waals surface area contributed by atoms with E-state index in [1.165, 1.54) is 19.3 Å². The molecule has 2 atom stereocenters. The fraction of sp³-hybridized carbons (Fsp3) is 0.909. The smallest absolute Gasteiger partial charge is 0.0635 e. The second kappa shape index (κ2) is 5.24. The van der Waals surface area contributed by atoms with Crippen LogP contribution in [-0.2, 0) is 0 Å². The number of nitriles is 1. The average Bonchev–Trinajstić information content (AvgIpc) is 2.10. The second-order valence-electron chi connectivity index (χ2n) is 4.27. The van der Waals surface area contributed by atoms with Gasteiger partial charge in [-0.25, -0.2) is 0 Å². The van der Waals surface area contributed by atoms with E-state index in [0.717, 1.165) is 18.4 Å². The van der Waals surface area contributed by atoms with Crippen LogP contribution >= 0.6 is 0 Å². The van der Waals surface area contributed by atoms with E-state index in [1.807, 2.05) is 0 Å². The Labute approximate surface area is 81.3 Å². The van der Waals surface area contributed by atoms with E-state index in [1.54, 1.807) is 0 Å². The van der Waals surface area contributed by atoms with Gasteiger partial charge in [0.15, 0.2) is 0 Å². The van der Waals surface area contributed by atoms with Crippen LogP contribution in [0.3, 0.4) is 0 Å². The van der Waals surface area contributed by atoms with Crippen molar-refractivity contribution >= 4 is 0 Å². The third-order valence-corrected chi connectivity index (χ3v) is 3.16. The van der Waals surface area contributed by atoms with E-state index >= 15 is 0 Å². The Bertz CT molecular complexity index is 173. The van der Waals surface area contributed by atoms with Crippen molar-refractivity contribution in [3.63, 3.8) is 0 Å². The van der Waals surface area contributed by atoms with Crippen molar-refractivity contribution in [1.82, 2.24) is 5.32 Å². The standard InChI is InChI=1S/C11H20N2/c1-9-5-3-6-10(2)11(9)13-8-4-7-12/h9-11,13H,3-6,8H2,1-2H3. The monoisotopic (exact) mass is 180 g/mol. The fourth-order valence-electron chi connectivity index (χ4n) is 2.38. The van der Waals surface area contributed by atoms with Crippen molar-refractivity contribution in [2.45, 2.75) is 45.6 Å². The first-order valence-electron chi connectivity index (χ1n) is 5.36. The topological polar surface area (TPSA) is 35.8 Å². The first kappa shape index (κ1) is 10.5. The molecule has 74 valence electrons. The van der Waals surface area contributed by atoms with Gasteiger partial charge < -0.3 is 5.32 Å². The first-order valence-corrected chi connectivity index (χ1v) is 5.36. The zero-order valence-corrected chi connectivity index (χ0v) is 8.71. The summed E-state index contributed by atoms with van der Waals surface area (Å²) in [6.07, 6.45) is 4.69. The number of rotatable bonds is 3. The average molecular weight is 180 g/mol. The highest BCUT2D eigenvalue weighted by Gasteiger charge is 2.26. The minimum Gasteiger partial charge on any atom is -0.312 e. The van der Waals surface area contributed by atoms with Crippen LogP contribution in [-0.4, -0.2) is 12.6 Å². The molecule has 2 heteroatoms. The summed E-state index contributed by atoms with van der Waals surface area (Å²) in [5.41, 5.74) is 0. The van der Waals surface area contributed by atoms with Crippen LogP contribution in [0.15, 0.2) is 0 Å². The summed E-state index contributed by atoms with van der Waals surface area (Å²) < 4.78 is 0. The molecule has 0 aromatic rings. The molecular weight excluding hydrogens is 160 g/mol. The molecule has 0 aromatic carbocycles. The Balaban J connectivity index is 2.31. The fourth-order valence-corrected chi connectivity index (χ4v) is 2.38. The number of nitrogens with zero attached hydrogens (tertiary/aromatic N) is 1. The van der Waals surface area contributed by atoms with E-state index in [9.17, 15) is 0 Å². The molecule has 0 radical (unpaired) electrons. The van der Waals surface area contributed by atoms with E-state index in [-0.39, 0.29) is 0 Å². The van der Waals surface area contributed by atoms with Crippen molar-refractivity contribution in [2.24, 2.45) is 11.8 Å². The van der Waals surface area contributed by atoms with E-state index in [4.69, 9.17) is 5.26 Å². The van der Waals surface area contributed by atoms with Gasteiger partial charge in [0.1, 0.15) is 0 Å². The summed E-state index contributed by atoms with van der Waals surface area (Å²) in [6.45, 7) is 5.50. The van der Waals surface area contributed by atoms with Gasteiger partial charge in [-0.15, -0.1) is 0 Å². The van der Waals surface area contributed by atoms with Crippen LogP contribution in [0.25, 0.3) is 0 Å². The molecule has 2 unspecified atom stereocenters. The van der Waals surface area contributed by atoms with Gasteiger partial charge in [-0.3, -0.25) is 0 Å². The van der Waals surface area contributed by atoms with E-state index < -0.39 is 0 Å². The molecule has 0 heterocycles. The molecule has 0 spiro atoms. The molecule has 1 aliphatic carbocycles. The summed E-state index contributed by atoms with van der Waals surface area (Å²) in [4.78, 5) is 0. The van der Waals surface area contributed by atoms with Crippen LogP contribution < -0.4 is 5.32 Å². The van der Waals surface area contributed by atoms with E-state index in [2.05, 4.69) is 25.2 Å². The van der Waals surface area contributed by atoms with Gasteiger partial charge in [0.05, 0.1) is 6.07 Å². The first-order chi connectivity index (χ1) is 6.25. The van der Waals surface area contributed by atoms with Crippen LogP contribution in [0.2, 0.25) is 0 Å². The van der Waals surface area contributed by atoms with Crippen molar-refractivity contribution in [3.05, 3.63) is 0 Å². The summed E-state index contributed by atoms with van der Waals surface area (Å²) in [5.74, 6) is 1.56. The highest BCUT2D eigenvalue weighted by atomic mass is 14.9. The predicted molar refractivity (Wildman–Crippen MR) is 54.2 cm³/mol. The van der Waals surface area contributed by atoms with Crippen molar-refractivity contribution in [3.8, 4) is 6.07 Å². The zero-order valence-electron chi connectivity index (χ0n) is 8.71. The molecule has 0 saturated heterocycles. The molecule has 0 aliphatic heterocycles. The molecule has 2 nitrogen and oxygen atoms in total. The summed E-state index contributed by atoms with van der Waals surface area (Å²) in [6, 6.07) is 2.82. The van der Waals surface area contributed by atoms with Crippen LogP contribution in [0.1, 0.15) is 39.5 Å². The van der Waals surface area contributed by atoms with Crippen LogP contribution in [0.5, 0.6) is 0 Å². The van der Waals surface area contributed by atoms with Crippen molar-refractivity contribution in [1.29, 1.82) is 5.26 Å². The van der Waals surface area contributed by atoms with Crippen molar-refractivity contribution in [2.75, 3.05) is 6.54 Å². The molecular formula is C11H20N2. The minimum absolute atomic E-state index is 0.635. The molecule has 1 aliphatic rings. The quantitative estimate of drug-likeness (QED) is 0.676. The molecule has 0 aromatic heterocycles. The SMILES string of the molecule is CC1CCCC(C)C1NCCC#N. The Morgan fingerprint density at radius 3 is 2.46 bits per heavy atom. The zero-order chi connectivity index (χ0) is 9.68. The normalized spacial score (nSPS) is 34.1. The summed E-state index contributed by atoms with van der Waals surface area (Å²) >= 11 is 0. The molecule has 1 fully saturated rings. The molecule has 13 heavy (non-hydrogen) atoms. The predicted octanol–water partition coefficient (Wildman–Crippen LogP) is 2.31. The van der Waals surface area contributed by atoms with Gasteiger partial charge in [0, 0.05) is 19.0 Å². The highest BCUT2D eigenvalue weighted by molar-refractivity contribution is 4.84. The Hall–Kier alpha value is -0.550. The van der Waals surface area contributed by atoms with Gasteiger partial charge in [-0.05, 0) is 24.7 Å². The lowest BCUT2D eigenvalue weighted by molar-refractivity contribution is 0.210. The lowest BCUT2D eigenvalue weighted by Gasteiger charge is -2.35. The molecule has 0 bridgehead atoms. The summed E-state index contributed by atoms with van der Waals surface area (Å²) in [5, 5.41) is 11.9. The molecule has 0 amide bonds. The third-order valence-electron chi connectivity index (χ3n) is 3.16. The van der Waals surface area contributed by atoms with Gasteiger partial charge in [0.25, 0.3) is 0 Å². The number of nitrogens with one attached hydrogen (secondary N) is 1.